The number of hydrogen-bond acceptors (Lipinski definition) is 27. The van der Waals surface area contributed by atoms with Crippen molar-refractivity contribution in [2.45, 2.75) is 98.3 Å². The zero-order chi connectivity index (χ0) is 52.8. The number of thioether (sulfide) groups is 1. The molecule has 4 saturated heterocycles. The highest BCUT2D eigenvalue weighted by Gasteiger charge is 2.50. The van der Waals surface area contributed by atoms with E-state index >= 15 is 0 Å². The van der Waals surface area contributed by atoms with Crippen LogP contribution < -0.4 is 49.5 Å². The fraction of sp³-hybridized carbons (Fsp3) is 0.784. The van der Waals surface area contributed by atoms with Crippen molar-refractivity contribution in [2.75, 3.05) is 102 Å². The molecule has 14 atom stereocenters. The van der Waals surface area contributed by atoms with E-state index in [9.17, 15) is 58.8 Å². The van der Waals surface area contributed by atoms with Crippen LogP contribution in [-0.2, 0) is 55.7 Å². The Balaban J connectivity index is 0.897. The lowest BCUT2D eigenvalue weighted by Gasteiger charge is -2.41. The van der Waals surface area contributed by atoms with Gasteiger partial charge in [0.1, 0.15) is 48.4 Å². The van der Waals surface area contributed by atoms with E-state index in [2.05, 4.69) is 30.2 Å². The third-order valence-corrected chi connectivity index (χ3v) is 15.4. The molecule has 5 rings (SSSR count). The predicted octanol–water partition coefficient (Wildman–Crippen LogP) is -5.24. The molecule has 72 heavy (non-hydrogen) atoms. The van der Waals surface area contributed by atoms with Gasteiger partial charge in [-0.05, 0) is 12.8 Å². The fourth-order valence-electron chi connectivity index (χ4n) is 7.68. The van der Waals surface area contributed by atoms with Crippen LogP contribution in [0.3, 0.4) is 0 Å². The average Bonchev–Trinajstić information content (AvgIpc) is 3.96. The molecule has 4 fully saturated rings. The standard InChI is InChI=1S/C37H67N11O21P2S/c1-47(32-25(39)33(55)46-36(40)45-32)34-30(53)28(51)22(66-34)17-65-70(57,58)69-71(59,60)68-35-31(54)29(52)27(50)21(67-35)15-48(41)14-19(38)16-64-13-12-63-11-10-62-9-8-61-7-6-42-24(49)5-3-2-4-23-26-20(18-72-23)43-37(56)44-26/h14,20-23,26-31,34-35,50-54H,2-13,15-18,38-39,41H2,1H3,(H,42,49)(H,57,58)(H,59,60)(H2,43,44,56)(H3,40,45,46,55)/b19-14-/t20-,21?,22+,23-,26-,27+,28?,29?,30?,31?,34+,35+/m0/s1. The van der Waals surface area contributed by atoms with Gasteiger partial charge in [0.05, 0.1) is 83.8 Å². The van der Waals surface area contributed by atoms with Crippen LogP contribution in [0.2, 0.25) is 0 Å². The first kappa shape index (κ1) is 59.4. The summed E-state index contributed by atoms with van der Waals surface area (Å²) in [6.07, 6.45) is -12.3. The highest BCUT2D eigenvalue weighted by Crippen LogP contribution is 2.61. The topological polar surface area (TPSA) is 485 Å². The van der Waals surface area contributed by atoms with Gasteiger partial charge in [-0.1, -0.05) is 6.42 Å². The fourth-order valence-corrected chi connectivity index (χ4v) is 11.4. The van der Waals surface area contributed by atoms with Gasteiger partial charge < -0.3 is 107 Å². The zero-order valence-electron chi connectivity index (χ0n) is 39.1. The third kappa shape index (κ3) is 17.8. The number of unbranched alkanes of at least 4 members (excludes halogenated alkanes) is 1. The maximum absolute atomic E-state index is 12.8. The number of ether oxygens (including phenoxy) is 6. The summed E-state index contributed by atoms with van der Waals surface area (Å²) in [5.74, 6) is 6.27. The molecule has 0 radical (unpaired) electrons. The number of nitrogens with two attached hydrogens (primary N) is 4. The average molecular weight is 1100 g/mol. The molecule has 35 heteroatoms. The zero-order valence-corrected chi connectivity index (χ0v) is 41.7. The number of aliphatic hydroxyl groups is 5. The number of aromatic amines is 1. The Morgan fingerprint density at radius 1 is 0.889 bits per heavy atom. The quantitative estimate of drug-likeness (QED) is 0.0109. The number of nitrogens with zero attached hydrogens (tertiary/aromatic N) is 3. The van der Waals surface area contributed by atoms with E-state index in [1.54, 1.807) is 0 Å². The van der Waals surface area contributed by atoms with E-state index in [1.165, 1.54) is 13.2 Å². The lowest BCUT2D eigenvalue weighted by atomic mass is 9.99. The number of anilines is 3. The normalized spacial score (nSPS) is 30.0. The molecule has 19 N–H and O–H groups in total. The van der Waals surface area contributed by atoms with Crippen molar-refractivity contribution >= 4 is 56.8 Å². The van der Waals surface area contributed by atoms with Crippen LogP contribution in [-0.4, -0.2) is 220 Å². The number of hydrazine groups is 1. The number of phosphoric ester groups is 2. The molecule has 0 saturated carbocycles. The Morgan fingerprint density at radius 3 is 2.24 bits per heavy atom. The molecular formula is C37H67N11O21P2S. The maximum Gasteiger partial charge on any atom is 0.483 e. The van der Waals surface area contributed by atoms with Crippen molar-refractivity contribution in [2.24, 2.45) is 11.6 Å². The van der Waals surface area contributed by atoms with Gasteiger partial charge in [0, 0.05) is 37.2 Å². The van der Waals surface area contributed by atoms with Crippen LogP contribution in [0.5, 0.6) is 0 Å². The van der Waals surface area contributed by atoms with Crippen LogP contribution in [0.15, 0.2) is 16.7 Å². The van der Waals surface area contributed by atoms with Gasteiger partial charge in [-0.3, -0.25) is 23.6 Å². The van der Waals surface area contributed by atoms with E-state index in [1.807, 2.05) is 11.8 Å². The van der Waals surface area contributed by atoms with Gasteiger partial charge in [0.25, 0.3) is 5.56 Å². The first-order valence-corrected chi connectivity index (χ1v) is 26.6. The number of amides is 3. The van der Waals surface area contributed by atoms with E-state index in [0.29, 0.717) is 44.6 Å². The maximum atomic E-state index is 12.8. The van der Waals surface area contributed by atoms with Gasteiger partial charge >= 0.3 is 21.7 Å². The molecule has 0 spiro atoms. The smallest absolute Gasteiger partial charge is 0.399 e. The summed E-state index contributed by atoms with van der Waals surface area (Å²) in [6, 6.07) is 0.256. The minimum atomic E-state index is -5.74. The summed E-state index contributed by atoms with van der Waals surface area (Å²) in [4.78, 5) is 63.3. The molecule has 0 aromatic carbocycles. The van der Waals surface area contributed by atoms with Crippen molar-refractivity contribution in [1.82, 2.24) is 30.9 Å². The number of carbonyl (C=O) groups is 2. The number of carbonyl (C=O) groups excluding carboxylic acids is 2. The summed E-state index contributed by atoms with van der Waals surface area (Å²) >= 11 is 1.86. The SMILES string of the molecule is CN(c1nc(N)[nH]c(=O)c1N)[C@@H]1O[C@H](COP(=O)(O)OP(=O)(O)O[C@H]2OC(CN(N)/C=C(\N)COCCOCCOCCOCCNC(=O)CCCC[C@@H]3SC[C@@H]4NC(=O)N[C@@H]43)[C@@H](O)C(O)C2O)C(O)C1O. The number of urea groups is 1. The number of aromatic nitrogens is 2. The second kappa shape index (κ2) is 27.9. The highest BCUT2D eigenvalue weighted by molar-refractivity contribution is 8.00. The number of fused-ring (bicyclic) bond motifs is 1. The molecule has 0 bridgehead atoms. The van der Waals surface area contributed by atoms with Crippen LogP contribution in [0.4, 0.5) is 22.2 Å². The number of nitrogen functional groups attached to an aromatic ring is 2. The van der Waals surface area contributed by atoms with E-state index in [0.717, 1.165) is 34.9 Å². The van der Waals surface area contributed by atoms with Crippen molar-refractivity contribution in [1.29, 1.82) is 0 Å². The van der Waals surface area contributed by atoms with Gasteiger partial charge in [-0.15, -0.1) is 0 Å². The number of rotatable bonds is 31. The van der Waals surface area contributed by atoms with Gasteiger partial charge in [-0.25, -0.2) is 19.8 Å². The molecule has 3 amide bonds. The first-order valence-electron chi connectivity index (χ1n) is 22.6. The lowest BCUT2D eigenvalue weighted by Crippen LogP contribution is -2.60. The highest BCUT2D eigenvalue weighted by atomic mass is 32.2. The van der Waals surface area contributed by atoms with Crippen molar-refractivity contribution in [3.63, 3.8) is 0 Å². The molecule has 4 aliphatic rings. The largest absolute Gasteiger partial charge is 0.483 e. The Labute approximate surface area is 416 Å². The van der Waals surface area contributed by atoms with Gasteiger partial charge in [0.2, 0.25) is 11.9 Å². The van der Waals surface area contributed by atoms with Crippen molar-refractivity contribution in [3.05, 3.63) is 22.3 Å². The summed E-state index contributed by atoms with van der Waals surface area (Å²) < 4.78 is 72.0. The second-order valence-corrected chi connectivity index (χ2v) is 21.1. The molecule has 4 aliphatic heterocycles. The van der Waals surface area contributed by atoms with Gasteiger partial charge in [0.15, 0.2) is 18.3 Å². The van der Waals surface area contributed by atoms with Crippen LogP contribution in [0.1, 0.15) is 25.7 Å². The molecule has 7 unspecified atom stereocenters. The number of likely N-dealkylation sites (N-methyl/N-ethyl adjacent to an activating group) is 1. The third-order valence-electron chi connectivity index (χ3n) is 11.3. The Morgan fingerprint density at radius 2 is 1.54 bits per heavy atom. The minimum absolute atomic E-state index is 0.0325. The number of nitrogens with one attached hydrogen (secondary N) is 4. The Hall–Kier alpha value is -3.51. The molecule has 1 aromatic rings. The number of H-pyrrole nitrogens is 1. The number of phosphoric acid groups is 2. The van der Waals surface area contributed by atoms with E-state index < -0.39 is 95.3 Å². The lowest BCUT2D eigenvalue weighted by molar-refractivity contribution is -0.276. The first-order chi connectivity index (χ1) is 34.1. The van der Waals surface area contributed by atoms with E-state index in [4.69, 9.17) is 60.5 Å². The predicted molar refractivity (Wildman–Crippen MR) is 251 cm³/mol. The van der Waals surface area contributed by atoms with Crippen LogP contribution >= 0.6 is 27.4 Å². The summed E-state index contributed by atoms with van der Waals surface area (Å²) in [5.41, 5.74) is 16.1. The molecular weight excluding hydrogens is 1030 g/mol. The summed E-state index contributed by atoms with van der Waals surface area (Å²) in [6.45, 7) is 0.648. The minimum Gasteiger partial charge on any atom is -0.399 e. The number of aliphatic hydroxyl groups excluding tert-OH is 5. The second-order valence-electron chi connectivity index (χ2n) is 16.8. The molecule has 1 aromatic heterocycles. The Bertz CT molecular complexity index is 2110. The van der Waals surface area contributed by atoms with E-state index in [-0.39, 0.29) is 67.9 Å². The number of hydrogen-bond donors (Lipinski definition) is 15. The monoisotopic (exact) mass is 1100 g/mol. The molecule has 0 aliphatic carbocycles. The molecule has 412 valence electrons. The summed E-state index contributed by atoms with van der Waals surface area (Å²) in [7, 11) is -10.1. The molecule has 32 nitrogen and oxygen atoms in total. The van der Waals surface area contributed by atoms with Crippen molar-refractivity contribution < 1.29 is 95.8 Å². The van der Waals surface area contributed by atoms with Crippen LogP contribution in [0, 0.1) is 0 Å². The summed E-state index contributed by atoms with van der Waals surface area (Å²) in [5, 5.41) is 62.5. The van der Waals surface area contributed by atoms with Gasteiger partial charge in [-0.2, -0.15) is 21.1 Å². The molecule has 5 heterocycles. The van der Waals surface area contributed by atoms with Crippen LogP contribution in [0.25, 0.3) is 0 Å². The Kier molecular flexibility index (Phi) is 23.0. The van der Waals surface area contributed by atoms with Crippen molar-refractivity contribution in [3.8, 4) is 0 Å².